The average molecular weight is 283 g/mol. The summed E-state index contributed by atoms with van der Waals surface area (Å²) in [7, 11) is 0. The lowest BCUT2D eigenvalue weighted by Gasteiger charge is -2.08. The Morgan fingerprint density at radius 3 is 2.81 bits per heavy atom. The van der Waals surface area contributed by atoms with E-state index in [2.05, 4.69) is 32.2 Å². The Kier molecular flexibility index (Phi) is 4.98. The monoisotopic (exact) mass is 283 g/mol. The second-order valence-electron chi connectivity index (χ2n) is 4.39. The van der Waals surface area contributed by atoms with Crippen LogP contribution < -0.4 is 10.6 Å². The molecule has 2 aromatic rings. The van der Waals surface area contributed by atoms with Gasteiger partial charge in [-0.1, -0.05) is 6.08 Å². The van der Waals surface area contributed by atoms with Gasteiger partial charge in [0.2, 0.25) is 0 Å². The van der Waals surface area contributed by atoms with Crippen molar-refractivity contribution in [2.24, 2.45) is 0 Å². The van der Waals surface area contributed by atoms with Gasteiger partial charge in [-0.05, 0) is 24.6 Å². The molecule has 1 amide bonds. The molecule has 6 nitrogen and oxygen atoms in total. The SMILES string of the molecule is C=CCNC(=O)c1cc(NCc2ccncc2)nc(C)n1. The first kappa shape index (κ1) is 14.6. The molecular formula is C15H17N5O. The van der Waals surface area contributed by atoms with Gasteiger partial charge in [0.1, 0.15) is 17.3 Å². The van der Waals surface area contributed by atoms with Crippen LogP contribution in [0, 0.1) is 6.92 Å². The van der Waals surface area contributed by atoms with Crippen molar-refractivity contribution >= 4 is 11.7 Å². The molecule has 0 unspecified atom stereocenters. The molecule has 0 aromatic carbocycles. The van der Waals surface area contributed by atoms with E-state index < -0.39 is 0 Å². The molecule has 0 aliphatic rings. The maximum Gasteiger partial charge on any atom is 0.270 e. The van der Waals surface area contributed by atoms with E-state index in [0.717, 1.165) is 5.56 Å². The lowest BCUT2D eigenvalue weighted by Crippen LogP contribution is -2.24. The number of hydrogen-bond acceptors (Lipinski definition) is 5. The van der Waals surface area contributed by atoms with Crippen LogP contribution >= 0.6 is 0 Å². The molecule has 0 aliphatic carbocycles. The maximum atomic E-state index is 11.9. The van der Waals surface area contributed by atoms with Crippen LogP contribution in [0.25, 0.3) is 0 Å². The number of amides is 1. The third-order valence-corrected chi connectivity index (χ3v) is 2.70. The van der Waals surface area contributed by atoms with Gasteiger partial charge in [-0.15, -0.1) is 6.58 Å². The minimum Gasteiger partial charge on any atom is -0.366 e. The zero-order valence-electron chi connectivity index (χ0n) is 11.8. The summed E-state index contributed by atoms with van der Waals surface area (Å²) in [6, 6.07) is 5.46. The summed E-state index contributed by atoms with van der Waals surface area (Å²) in [4.78, 5) is 24.3. The van der Waals surface area contributed by atoms with Crippen LogP contribution in [0.1, 0.15) is 21.9 Å². The van der Waals surface area contributed by atoms with Crippen molar-refractivity contribution in [3.05, 3.63) is 60.3 Å². The number of nitrogens with zero attached hydrogens (tertiary/aromatic N) is 3. The van der Waals surface area contributed by atoms with Gasteiger partial charge in [0, 0.05) is 31.5 Å². The highest BCUT2D eigenvalue weighted by molar-refractivity contribution is 5.93. The molecule has 21 heavy (non-hydrogen) atoms. The Hall–Kier alpha value is -2.76. The predicted molar refractivity (Wildman–Crippen MR) is 80.9 cm³/mol. The van der Waals surface area contributed by atoms with Crippen LogP contribution in [-0.4, -0.2) is 27.4 Å². The van der Waals surface area contributed by atoms with Gasteiger partial charge in [0.05, 0.1) is 0 Å². The topological polar surface area (TPSA) is 79.8 Å². The first-order chi connectivity index (χ1) is 10.2. The summed E-state index contributed by atoms with van der Waals surface area (Å²) in [5.74, 6) is 0.911. The van der Waals surface area contributed by atoms with Crippen LogP contribution in [0.2, 0.25) is 0 Å². The zero-order chi connectivity index (χ0) is 15.1. The fraction of sp³-hybridized carbons (Fsp3) is 0.200. The number of aryl methyl sites for hydroxylation is 1. The van der Waals surface area contributed by atoms with E-state index >= 15 is 0 Å². The van der Waals surface area contributed by atoms with Crippen LogP contribution in [0.15, 0.2) is 43.2 Å². The van der Waals surface area contributed by atoms with Gasteiger partial charge >= 0.3 is 0 Å². The fourth-order valence-electron chi connectivity index (χ4n) is 1.72. The summed E-state index contributed by atoms with van der Waals surface area (Å²) in [5.41, 5.74) is 1.42. The van der Waals surface area contributed by atoms with E-state index in [1.807, 2.05) is 12.1 Å². The van der Waals surface area contributed by atoms with Gasteiger partial charge in [-0.2, -0.15) is 0 Å². The largest absolute Gasteiger partial charge is 0.366 e. The second-order valence-corrected chi connectivity index (χ2v) is 4.39. The molecule has 0 bridgehead atoms. The number of carbonyl (C=O) groups is 1. The molecule has 0 saturated heterocycles. The molecule has 108 valence electrons. The Bertz CT molecular complexity index is 627. The number of pyridine rings is 1. The molecule has 6 heteroatoms. The summed E-state index contributed by atoms with van der Waals surface area (Å²) in [6.45, 7) is 6.32. The summed E-state index contributed by atoms with van der Waals surface area (Å²) >= 11 is 0. The lowest BCUT2D eigenvalue weighted by atomic mass is 10.2. The maximum absolute atomic E-state index is 11.9. The van der Waals surface area contributed by atoms with E-state index in [1.165, 1.54) is 0 Å². The third-order valence-electron chi connectivity index (χ3n) is 2.70. The Labute approximate surface area is 123 Å². The van der Waals surface area contributed by atoms with Crippen LogP contribution in [-0.2, 0) is 6.54 Å². The molecule has 0 saturated carbocycles. The summed E-state index contributed by atoms with van der Waals surface area (Å²) in [6.07, 6.45) is 5.08. The number of nitrogens with one attached hydrogen (secondary N) is 2. The van der Waals surface area contributed by atoms with E-state index in [4.69, 9.17) is 0 Å². The summed E-state index contributed by atoms with van der Waals surface area (Å²) < 4.78 is 0. The standard InChI is InChI=1S/C15H17N5O/c1-3-6-17-15(21)13-9-14(20-11(2)19-13)18-10-12-4-7-16-8-5-12/h3-5,7-9H,1,6,10H2,2H3,(H,17,21)(H,18,19,20). The first-order valence-electron chi connectivity index (χ1n) is 6.56. The average Bonchev–Trinajstić information content (AvgIpc) is 2.51. The lowest BCUT2D eigenvalue weighted by molar-refractivity contribution is 0.0952. The fourth-order valence-corrected chi connectivity index (χ4v) is 1.72. The molecule has 2 aromatic heterocycles. The zero-order valence-corrected chi connectivity index (χ0v) is 11.8. The van der Waals surface area contributed by atoms with E-state index in [9.17, 15) is 4.79 Å². The number of carbonyl (C=O) groups excluding carboxylic acids is 1. The van der Waals surface area contributed by atoms with Gasteiger partial charge < -0.3 is 10.6 Å². The number of hydrogen-bond donors (Lipinski definition) is 2. The molecule has 0 fully saturated rings. The van der Waals surface area contributed by atoms with E-state index in [0.29, 0.717) is 30.4 Å². The molecular weight excluding hydrogens is 266 g/mol. The first-order valence-corrected chi connectivity index (χ1v) is 6.56. The van der Waals surface area contributed by atoms with E-state index in [1.54, 1.807) is 31.5 Å². The molecule has 0 radical (unpaired) electrons. The van der Waals surface area contributed by atoms with Crippen LogP contribution in [0.5, 0.6) is 0 Å². The summed E-state index contributed by atoms with van der Waals surface area (Å²) in [5, 5.41) is 5.87. The van der Waals surface area contributed by atoms with Gasteiger partial charge in [0.15, 0.2) is 0 Å². The van der Waals surface area contributed by atoms with Gasteiger partial charge in [-0.3, -0.25) is 9.78 Å². The molecule has 0 spiro atoms. The normalized spacial score (nSPS) is 9.95. The molecule has 2 N–H and O–H groups in total. The minimum atomic E-state index is -0.243. The molecule has 2 rings (SSSR count). The Balaban J connectivity index is 2.08. The van der Waals surface area contributed by atoms with Crippen molar-refractivity contribution < 1.29 is 4.79 Å². The van der Waals surface area contributed by atoms with Gasteiger partial charge in [-0.25, -0.2) is 9.97 Å². The van der Waals surface area contributed by atoms with Crippen LogP contribution in [0.3, 0.4) is 0 Å². The van der Waals surface area contributed by atoms with Crippen molar-refractivity contribution in [1.29, 1.82) is 0 Å². The van der Waals surface area contributed by atoms with Crippen LogP contribution in [0.4, 0.5) is 5.82 Å². The molecule has 2 heterocycles. The smallest absolute Gasteiger partial charge is 0.270 e. The number of anilines is 1. The van der Waals surface area contributed by atoms with Crippen molar-refractivity contribution in [1.82, 2.24) is 20.3 Å². The third kappa shape index (κ3) is 4.38. The minimum absolute atomic E-state index is 0.243. The highest BCUT2D eigenvalue weighted by Gasteiger charge is 2.09. The van der Waals surface area contributed by atoms with E-state index in [-0.39, 0.29) is 5.91 Å². The Morgan fingerprint density at radius 1 is 1.33 bits per heavy atom. The van der Waals surface area contributed by atoms with Gasteiger partial charge in [0.25, 0.3) is 5.91 Å². The quantitative estimate of drug-likeness (QED) is 0.789. The highest BCUT2D eigenvalue weighted by atomic mass is 16.1. The highest BCUT2D eigenvalue weighted by Crippen LogP contribution is 2.08. The van der Waals surface area contributed by atoms with Crippen molar-refractivity contribution in [3.63, 3.8) is 0 Å². The van der Waals surface area contributed by atoms with Crippen molar-refractivity contribution in [3.8, 4) is 0 Å². The number of aromatic nitrogens is 3. The van der Waals surface area contributed by atoms with Crippen molar-refractivity contribution in [2.45, 2.75) is 13.5 Å². The Morgan fingerprint density at radius 2 is 2.10 bits per heavy atom. The molecule has 0 atom stereocenters. The second kappa shape index (κ2) is 7.14. The number of rotatable bonds is 6. The molecule has 0 aliphatic heterocycles. The predicted octanol–water partition coefficient (Wildman–Crippen LogP) is 1.71. The van der Waals surface area contributed by atoms with Crippen molar-refractivity contribution in [2.75, 3.05) is 11.9 Å².